The molecule has 0 unspecified atom stereocenters. The molecule has 0 radical (unpaired) electrons. The highest BCUT2D eigenvalue weighted by atomic mass is 32.1. The van der Waals surface area contributed by atoms with E-state index in [2.05, 4.69) is 32.8 Å². The van der Waals surface area contributed by atoms with Crippen molar-refractivity contribution in [1.29, 1.82) is 0 Å². The number of hydrogen-bond acceptors (Lipinski definition) is 7. The highest BCUT2D eigenvalue weighted by Gasteiger charge is 2.16. The summed E-state index contributed by atoms with van der Waals surface area (Å²) < 4.78 is 20.5. The third kappa shape index (κ3) is 4.99. The second-order valence-electron chi connectivity index (χ2n) is 7.31. The van der Waals surface area contributed by atoms with E-state index in [0.29, 0.717) is 0 Å². The molecule has 0 bridgehead atoms. The lowest BCUT2D eigenvalue weighted by molar-refractivity contribution is 0.309. The van der Waals surface area contributed by atoms with Crippen molar-refractivity contribution >= 4 is 22.8 Å². The van der Waals surface area contributed by atoms with Gasteiger partial charge in [0.05, 0.1) is 24.9 Å². The molecular formula is C24H26N4O2S. The molecule has 0 fully saturated rings. The number of fused-ring (bicyclic) bond motifs is 1. The number of nitrogens with zero attached hydrogens (tertiary/aromatic N) is 4. The van der Waals surface area contributed by atoms with Gasteiger partial charge in [0, 0.05) is 11.1 Å². The Kier molecular flexibility index (Phi) is 7.04. The number of ether oxygens (including phenoxy) is 2. The number of rotatable bonds is 10. The monoisotopic (exact) mass is 434 g/mol. The lowest BCUT2D eigenvalue weighted by Gasteiger charge is -2.08. The van der Waals surface area contributed by atoms with Crippen LogP contribution in [0.25, 0.3) is 33.5 Å². The van der Waals surface area contributed by atoms with Crippen LogP contribution in [0.2, 0.25) is 0 Å². The van der Waals surface area contributed by atoms with E-state index in [0.717, 1.165) is 83.9 Å². The van der Waals surface area contributed by atoms with Crippen LogP contribution >= 0.6 is 11.7 Å². The zero-order chi connectivity index (χ0) is 21.5. The van der Waals surface area contributed by atoms with Crippen LogP contribution in [-0.4, -0.2) is 32.2 Å². The number of hydrogen-bond donors (Lipinski definition) is 0. The fourth-order valence-corrected chi connectivity index (χ4v) is 3.72. The van der Waals surface area contributed by atoms with Crippen molar-refractivity contribution in [3.63, 3.8) is 0 Å². The minimum absolute atomic E-state index is 0.729. The van der Waals surface area contributed by atoms with Gasteiger partial charge in [-0.1, -0.05) is 26.7 Å². The van der Waals surface area contributed by atoms with E-state index >= 15 is 0 Å². The summed E-state index contributed by atoms with van der Waals surface area (Å²) >= 11 is 1.17. The molecule has 0 N–H and O–H groups in total. The van der Waals surface area contributed by atoms with Gasteiger partial charge in [-0.15, -0.1) is 10.2 Å². The molecule has 2 aromatic carbocycles. The summed E-state index contributed by atoms with van der Waals surface area (Å²) in [5.74, 6) is 1.71. The lowest BCUT2D eigenvalue weighted by Crippen LogP contribution is -1.98. The van der Waals surface area contributed by atoms with Gasteiger partial charge in [-0.2, -0.15) is 8.75 Å². The standard InChI is InChI=1S/C24H26N4O2S/c1-3-5-15-29-19-11-7-17(8-12-19)21-23-24(28-31-27-23)22(26-25-21)18-9-13-20(14-10-18)30-16-6-4-2/h7-14H,3-6,15-16H2,1-2H3. The topological polar surface area (TPSA) is 70.0 Å². The number of aromatic nitrogens is 4. The zero-order valence-corrected chi connectivity index (χ0v) is 18.7. The SMILES string of the molecule is CCCCOc1ccc(-c2nnc(-c3ccc(OCCCC)cc3)c3nsnc23)cc1. The maximum Gasteiger partial charge on any atom is 0.135 e. The Hall–Kier alpha value is -3.06. The highest BCUT2D eigenvalue weighted by molar-refractivity contribution is 7.00. The molecule has 0 aliphatic carbocycles. The summed E-state index contributed by atoms with van der Waals surface area (Å²) in [5, 5.41) is 8.99. The van der Waals surface area contributed by atoms with Crippen molar-refractivity contribution < 1.29 is 9.47 Å². The number of benzene rings is 2. The molecule has 2 heterocycles. The van der Waals surface area contributed by atoms with Gasteiger partial charge in [0.2, 0.25) is 0 Å². The molecule has 0 aliphatic rings. The molecule has 4 aromatic rings. The van der Waals surface area contributed by atoms with Gasteiger partial charge in [0.15, 0.2) is 0 Å². The first-order chi connectivity index (χ1) is 15.3. The van der Waals surface area contributed by atoms with E-state index in [-0.39, 0.29) is 0 Å². The van der Waals surface area contributed by atoms with Crippen LogP contribution in [0.5, 0.6) is 11.5 Å². The van der Waals surface area contributed by atoms with Gasteiger partial charge in [0.25, 0.3) is 0 Å². The maximum absolute atomic E-state index is 5.75. The van der Waals surface area contributed by atoms with Crippen molar-refractivity contribution in [3.8, 4) is 34.0 Å². The second kappa shape index (κ2) is 10.3. The van der Waals surface area contributed by atoms with Gasteiger partial charge in [0.1, 0.15) is 33.9 Å². The first-order valence-corrected chi connectivity index (χ1v) is 11.5. The smallest absolute Gasteiger partial charge is 0.135 e. The van der Waals surface area contributed by atoms with Crippen LogP contribution in [0, 0.1) is 0 Å². The Labute approximate surface area is 186 Å². The Bertz CT molecular complexity index is 1020. The molecule has 31 heavy (non-hydrogen) atoms. The van der Waals surface area contributed by atoms with Gasteiger partial charge in [-0.3, -0.25) is 0 Å². The molecule has 6 nitrogen and oxygen atoms in total. The predicted octanol–water partition coefficient (Wildman–Crippen LogP) is 6.17. The van der Waals surface area contributed by atoms with Crippen LogP contribution in [-0.2, 0) is 0 Å². The van der Waals surface area contributed by atoms with Gasteiger partial charge < -0.3 is 9.47 Å². The lowest BCUT2D eigenvalue weighted by atomic mass is 10.1. The molecule has 0 saturated carbocycles. The minimum atomic E-state index is 0.729. The van der Waals surface area contributed by atoms with E-state index in [1.54, 1.807) is 0 Å². The summed E-state index contributed by atoms with van der Waals surface area (Å²) in [6.07, 6.45) is 4.32. The Morgan fingerprint density at radius 3 is 1.45 bits per heavy atom. The Morgan fingerprint density at radius 1 is 0.645 bits per heavy atom. The maximum atomic E-state index is 5.75. The third-order valence-electron chi connectivity index (χ3n) is 4.98. The summed E-state index contributed by atoms with van der Waals surface area (Å²) in [4.78, 5) is 0. The second-order valence-corrected chi connectivity index (χ2v) is 7.84. The fraction of sp³-hybridized carbons (Fsp3) is 0.333. The summed E-state index contributed by atoms with van der Waals surface area (Å²) in [5.41, 5.74) is 4.87. The highest BCUT2D eigenvalue weighted by Crippen LogP contribution is 2.32. The van der Waals surface area contributed by atoms with Crippen LogP contribution < -0.4 is 9.47 Å². The predicted molar refractivity (Wildman–Crippen MR) is 125 cm³/mol. The molecular weight excluding hydrogens is 408 g/mol. The molecule has 160 valence electrons. The first-order valence-electron chi connectivity index (χ1n) is 10.8. The molecule has 4 rings (SSSR count). The quantitative estimate of drug-likeness (QED) is 0.278. The molecule has 0 atom stereocenters. The average Bonchev–Trinajstić information content (AvgIpc) is 3.30. The van der Waals surface area contributed by atoms with Gasteiger partial charge in [-0.25, -0.2) is 0 Å². The van der Waals surface area contributed by atoms with Gasteiger partial charge in [-0.05, 0) is 61.4 Å². The van der Waals surface area contributed by atoms with Crippen molar-refractivity contribution in [2.24, 2.45) is 0 Å². The summed E-state index contributed by atoms with van der Waals surface area (Å²) in [7, 11) is 0. The van der Waals surface area contributed by atoms with Crippen molar-refractivity contribution in [1.82, 2.24) is 18.9 Å². The normalized spacial score (nSPS) is 11.0. The van der Waals surface area contributed by atoms with Crippen LogP contribution in [0.3, 0.4) is 0 Å². The molecule has 7 heteroatoms. The zero-order valence-electron chi connectivity index (χ0n) is 17.9. The molecule has 0 amide bonds. The van der Waals surface area contributed by atoms with Crippen LogP contribution in [0.15, 0.2) is 48.5 Å². The van der Waals surface area contributed by atoms with Crippen LogP contribution in [0.4, 0.5) is 0 Å². The van der Waals surface area contributed by atoms with E-state index in [1.165, 1.54) is 11.7 Å². The molecule has 0 saturated heterocycles. The molecule has 0 spiro atoms. The largest absolute Gasteiger partial charge is 0.494 e. The van der Waals surface area contributed by atoms with Crippen molar-refractivity contribution in [2.75, 3.05) is 13.2 Å². The van der Waals surface area contributed by atoms with E-state index in [4.69, 9.17) is 9.47 Å². The van der Waals surface area contributed by atoms with E-state index in [9.17, 15) is 0 Å². The van der Waals surface area contributed by atoms with Crippen molar-refractivity contribution in [2.45, 2.75) is 39.5 Å². The minimum Gasteiger partial charge on any atom is -0.494 e. The molecule has 2 aromatic heterocycles. The van der Waals surface area contributed by atoms with E-state index in [1.807, 2.05) is 48.5 Å². The molecule has 0 aliphatic heterocycles. The average molecular weight is 435 g/mol. The van der Waals surface area contributed by atoms with E-state index < -0.39 is 0 Å². The van der Waals surface area contributed by atoms with Gasteiger partial charge >= 0.3 is 0 Å². The fourth-order valence-electron chi connectivity index (χ4n) is 3.17. The third-order valence-corrected chi connectivity index (χ3v) is 5.50. The Morgan fingerprint density at radius 2 is 1.06 bits per heavy atom. The first kappa shape index (κ1) is 21.2. The summed E-state index contributed by atoms with van der Waals surface area (Å²) in [6.45, 7) is 5.76. The Balaban J connectivity index is 1.57. The summed E-state index contributed by atoms with van der Waals surface area (Å²) in [6, 6.07) is 15.8. The van der Waals surface area contributed by atoms with Crippen molar-refractivity contribution in [3.05, 3.63) is 48.5 Å². The number of unbranched alkanes of at least 4 members (excludes halogenated alkanes) is 2. The van der Waals surface area contributed by atoms with Crippen LogP contribution in [0.1, 0.15) is 39.5 Å².